The Morgan fingerprint density at radius 2 is 2.00 bits per heavy atom. The molecule has 0 saturated carbocycles. The van der Waals surface area contributed by atoms with Crippen LogP contribution in [0.4, 0.5) is 0 Å². The third-order valence-electron chi connectivity index (χ3n) is 3.71. The molecule has 1 fully saturated rings. The molecular formula is C15H23NO2. The van der Waals surface area contributed by atoms with Crippen molar-refractivity contribution in [2.24, 2.45) is 5.92 Å². The Morgan fingerprint density at radius 3 is 2.61 bits per heavy atom. The predicted molar refractivity (Wildman–Crippen MR) is 73.6 cm³/mol. The topological polar surface area (TPSA) is 30.5 Å². The molecule has 1 aliphatic rings. The number of benzene rings is 1. The fourth-order valence-electron chi connectivity index (χ4n) is 2.68. The van der Waals surface area contributed by atoms with Crippen LogP contribution in [-0.2, 0) is 6.42 Å². The molecule has 1 N–H and O–H groups in total. The lowest BCUT2D eigenvalue weighted by Gasteiger charge is -2.24. The minimum Gasteiger partial charge on any atom is -0.496 e. The summed E-state index contributed by atoms with van der Waals surface area (Å²) in [6.45, 7) is 4.32. The average molecular weight is 249 g/mol. The molecule has 0 radical (unpaired) electrons. The van der Waals surface area contributed by atoms with E-state index < -0.39 is 0 Å². The van der Waals surface area contributed by atoms with E-state index >= 15 is 0 Å². The number of ether oxygens (including phenoxy) is 2. The highest BCUT2D eigenvalue weighted by Gasteiger charge is 2.17. The standard InChI is InChI=1S/C15H23NO2/c1-11-7-15(18-3)13(9-14(11)17-2)8-12-5-4-6-16-10-12/h7,9,12,16H,4-6,8,10H2,1-3H3/t12-/m0/s1. The SMILES string of the molecule is COc1cc(C[C@@H]2CCCNC2)c(OC)cc1C. The molecule has 1 aliphatic heterocycles. The van der Waals surface area contributed by atoms with Crippen molar-refractivity contribution in [3.63, 3.8) is 0 Å². The summed E-state index contributed by atoms with van der Waals surface area (Å²) in [5.74, 6) is 2.65. The van der Waals surface area contributed by atoms with E-state index in [1.54, 1.807) is 14.2 Å². The van der Waals surface area contributed by atoms with Crippen LogP contribution in [0.5, 0.6) is 11.5 Å². The molecule has 0 aromatic heterocycles. The number of nitrogens with one attached hydrogen (secondary N) is 1. The molecule has 0 bridgehead atoms. The Kier molecular flexibility index (Phi) is 4.48. The number of aryl methyl sites for hydroxylation is 1. The second-order valence-corrected chi connectivity index (χ2v) is 5.05. The van der Waals surface area contributed by atoms with E-state index in [1.165, 1.54) is 18.4 Å². The van der Waals surface area contributed by atoms with E-state index in [4.69, 9.17) is 9.47 Å². The van der Waals surface area contributed by atoms with Crippen molar-refractivity contribution in [1.82, 2.24) is 5.32 Å². The minimum absolute atomic E-state index is 0.708. The fraction of sp³-hybridized carbons (Fsp3) is 0.600. The highest BCUT2D eigenvalue weighted by molar-refractivity contribution is 5.46. The van der Waals surface area contributed by atoms with Crippen molar-refractivity contribution in [1.29, 1.82) is 0 Å². The van der Waals surface area contributed by atoms with Gasteiger partial charge in [-0.15, -0.1) is 0 Å². The van der Waals surface area contributed by atoms with Crippen LogP contribution >= 0.6 is 0 Å². The second-order valence-electron chi connectivity index (χ2n) is 5.05. The smallest absolute Gasteiger partial charge is 0.122 e. The summed E-state index contributed by atoms with van der Waals surface area (Å²) in [6, 6.07) is 4.20. The van der Waals surface area contributed by atoms with Crippen LogP contribution in [0.3, 0.4) is 0 Å². The summed E-state index contributed by atoms with van der Waals surface area (Å²) in [7, 11) is 3.46. The van der Waals surface area contributed by atoms with Gasteiger partial charge in [-0.1, -0.05) is 0 Å². The van der Waals surface area contributed by atoms with E-state index in [0.717, 1.165) is 36.6 Å². The average Bonchev–Trinajstić information content (AvgIpc) is 2.41. The molecule has 1 atom stereocenters. The minimum atomic E-state index is 0.708. The maximum absolute atomic E-state index is 5.49. The van der Waals surface area contributed by atoms with E-state index in [0.29, 0.717) is 5.92 Å². The van der Waals surface area contributed by atoms with Crippen molar-refractivity contribution < 1.29 is 9.47 Å². The Morgan fingerprint density at radius 1 is 1.22 bits per heavy atom. The summed E-state index contributed by atoms with van der Waals surface area (Å²) in [4.78, 5) is 0. The van der Waals surface area contributed by atoms with Gasteiger partial charge >= 0.3 is 0 Å². The molecule has 1 saturated heterocycles. The van der Waals surface area contributed by atoms with Crippen molar-refractivity contribution in [2.75, 3.05) is 27.3 Å². The Balaban J connectivity index is 2.18. The van der Waals surface area contributed by atoms with Gasteiger partial charge in [-0.2, -0.15) is 0 Å². The zero-order valence-electron chi connectivity index (χ0n) is 11.6. The molecule has 3 heteroatoms. The van der Waals surface area contributed by atoms with E-state index in [2.05, 4.69) is 17.4 Å². The molecule has 0 amide bonds. The lowest BCUT2D eigenvalue weighted by molar-refractivity contribution is 0.361. The third-order valence-corrected chi connectivity index (χ3v) is 3.71. The van der Waals surface area contributed by atoms with E-state index in [9.17, 15) is 0 Å². The van der Waals surface area contributed by atoms with Crippen LogP contribution in [0.25, 0.3) is 0 Å². The first-order valence-corrected chi connectivity index (χ1v) is 6.66. The van der Waals surface area contributed by atoms with Gasteiger partial charge in [0, 0.05) is 0 Å². The van der Waals surface area contributed by atoms with E-state index in [-0.39, 0.29) is 0 Å². The summed E-state index contributed by atoms with van der Waals surface area (Å²) in [5.41, 5.74) is 2.38. The molecule has 1 heterocycles. The van der Waals surface area contributed by atoms with Gasteiger partial charge in [0.15, 0.2) is 0 Å². The van der Waals surface area contributed by atoms with E-state index in [1.807, 2.05) is 6.92 Å². The van der Waals surface area contributed by atoms with Crippen molar-refractivity contribution in [2.45, 2.75) is 26.2 Å². The highest BCUT2D eigenvalue weighted by Crippen LogP contribution is 2.31. The number of hydrogen-bond acceptors (Lipinski definition) is 3. The molecule has 2 rings (SSSR count). The van der Waals surface area contributed by atoms with Crippen LogP contribution in [0, 0.1) is 12.8 Å². The number of hydrogen-bond donors (Lipinski definition) is 1. The fourth-order valence-corrected chi connectivity index (χ4v) is 2.68. The Bertz CT molecular complexity index is 398. The summed E-state index contributed by atoms with van der Waals surface area (Å²) >= 11 is 0. The maximum atomic E-state index is 5.49. The van der Waals surface area contributed by atoms with Gasteiger partial charge < -0.3 is 14.8 Å². The van der Waals surface area contributed by atoms with Gasteiger partial charge in [-0.25, -0.2) is 0 Å². The van der Waals surface area contributed by atoms with Gasteiger partial charge in [-0.05, 0) is 68.5 Å². The zero-order valence-corrected chi connectivity index (χ0v) is 11.6. The molecule has 0 aliphatic carbocycles. The van der Waals surface area contributed by atoms with Crippen molar-refractivity contribution in [3.05, 3.63) is 23.3 Å². The first-order valence-electron chi connectivity index (χ1n) is 6.66. The highest BCUT2D eigenvalue weighted by atomic mass is 16.5. The Labute approximate surface area is 109 Å². The lowest BCUT2D eigenvalue weighted by Crippen LogP contribution is -2.30. The molecule has 1 aromatic carbocycles. The molecule has 100 valence electrons. The summed E-state index contributed by atoms with van der Waals surface area (Å²) in [6.07, 6.45) is 3.63. The Hall–Kier alpha value is -1.22. The molecule has 3 nitrogen and oxygen atoms in total. The second kappa shape index (κ2) is 6.10. The van der Waals surface area contributed by atoms with Gasteiger partial charge in [0.25, 0.3) is 0 Å². The van der Waals surface area contributed by atoms with Crippen LogP contribution in [0.15, 0.2) is 12.1 Å². The summed E-state index contributed by atoms with van der Waals surface area (Å²) < 4.78 is 10.9. The molecule has 1 aromatic rings. The monoisotopic (exact) mass is 249 g/mol. The lowest BCUT2D eigenvalue weighted by atomic mass is 9.91. The molecule has 0 spiro atoms. The predicted octanol–water partition coefficient (Wildman–Crippen LogP) is 2.55. The quantitative estimate of drug-likeness (QED) is 0.889. The van der Waals surface area contributed by atoms with Crippen LogP contribution in [-0.4, -0.2) is 27.3 Å². The van der Waals surface area contributed by atoms with Crippen LogP contribution in [0.2, 0.25) is 0 Å². The van der Waals surface area contributed by atoms with Crippen molar-refractivity contribution in [3.8, 4) is 11.5 Å². The number of piperidine rings is 1. The normalized spacial score (nSPS) is 19.6. The van der Waals surface area contributed by atoms with Gasteiger partial charge in [0.2, 0.25) is 0 Å². The first kappa shape index (κ1) is 13.2. The molecule has 18 heavy (non-hydrogen) atoms. The van der Waals surface area contributed by atoms with Gasteiger partial charge in [0.05, 0.1) is 14.2 Å². The maximum Gasteiger partial charge on any atom is 0.122 e. The zero-order chi connectivity index (χ0) is 13.0. The number of methoxy groups -OCH3 is 2. The third kappa shape index (κ3) is 2.96. The van der Waals surface area contributed by atoms with Crippen molar-refractivity contribution >= 4 is 0 Å². The first-order chi connectivity index (χ1) is 8.74. The molecular weight excluding hydrogens is 226 g/mol. The van der Waals surface area contributed by atoms with Crippen LogP contribution in [0.1, 0.15) is 24.0 Å². The summed E-state index contributed by atoms with van der Waals surface area (Å²) in [5, 5.41) is 3.46. The van der Waals surface area contributed by atoms with Gasteiger partial charge in [0.1, 0.15) is 11.5 Å². The van der Waals surface area contributed by atoms with Gasteiger partial charge in [-0.3, -0.25) is 0 Å². The molecule has 0 unspecified atom stereocenters. The number of rotatable bonds is 4. The van der Waals surface area contributed by atoms with Crippen LogP contribution < -0.4 is 14.8 Å². The largest absolute Gasteiger partial charge is 0.496 e.